The summed E-state index contributed by atoms with van der Waals surface area (Å²) < 4.78 is 4.87. The number of hydrogen-bond acceptors (Lipinski definition) is 2. The molecule has 2 nitrogen and oxygen atoms in total. The summed E-state index contributed by atoms with van der Waals surface area (Å²) in [5.74, 6) is -0.253. The van der Waals surface area contributed by atoms with Gasteiger partial charge in [0.25, 0.3) is 0 Å². The van der Waals surface area contributed by atoms with E-state index in [-0.39, 0.29) is 11.3 Å². The third kappa shape index (κ3) is 9.85. The van der Waals surface area contributed by atoms with Crippen LogP contribution in [0.3, 0.4) is 0 Å². The second kappa shape index (κ2) is 10.7. The van der Waals surface area contributed by atoms with Crippen LogP contribution in [0.5, 0.6) is 0 Å². The first-order valence-electron chi connectivity index (χ1n) is 7.15. The minimum Gasteiger partial charge on any atom is -0.463 e. The molecule has 1 atom stereocenters. The largest absolute Gasteiger partial charge is 0.463 e. The first-order chi connectivity index (χ1) is 9.36. The topological polar surface area (TPSA) is 26.3 Å². The average molecular weight is 299 g/mol. The van der Waals surface area contributed by atoms with Crippen molar-refractivity contribution in [1.82, 2.24) is 0 Å². The number of hydrogen-bond donors (Lipinski definition) is 0. The zero-order chi connectivity index (χ0) is 15.5. The number of rotatable bonds is 9. The standard InChI is InChI=1S/C17H27ClO2/c1-6-20-17(19)12-15(5)9-7-8-14(4)10-11-16(18)13(2)3/h8,12,16H,2,6-7,9-11H2,1,3-5H3/b14-8+,15-12-. The Hall–Kier alpha value is -1.02. The van der Waals surface area contributed by atoms with Gasteiger partial charge in [0, 0.05) is 6.08 Å². The minimum atomic E-state index is -0.253. The van der Waals surface area contributed by atoms with Gasteiger partial charge in [-0.3, -0.25) is 0 Å². The Morgan fingerprint density at radius 1 is 1.25 bits per heavy atom. The fraction of sp³-hybridized carbons (Fsp3) is 0.588. The number of alkyl halides is 1. The number of esters is 1. The summed E-state index contributed by atoms with van der Waals surface area (Å²) in [5, 5.41) is 0.0591. The van der Waals surface area contributed by atoms with Crippen LogP contribution in [0.4, 0.5) is 0 Å². The normalized spacial score (nSPS) is 14.1. The predicted octanol–water partition coefficient (Wildman–Crippen LogP) is 5.19. The molecule has 0 radical (unpaired) electrons. The Morgan fingerprint density at radius 2 is 1.90 bits per heavy atom. The van der Waals surface area contributed by atoms with Gasteiger partial charge in [0.2, 0.25) is 0 Å². The van der Waals surface area contributed by atoms with E-state index < -0.39 is 0 Å². The lowest BCUT2D eigenvalue weighted by Crippen LogP contribution is -2.00. The van der Waals surface area contributed by atoms with Crippen molar-refractivity contribution in [2.24, 2.45) is 0 Å². The minimum absolute atomic E-state index is 0.0591. The smallest absolute Gasteiger partial charge is 0.330 e. The van der Waals surface area contributed by atoms with Crippen LogP contribution < -0.4 is 0 Å². The molecule has 0 aromatic carbocycles. The highest BCUT2D eigenvalue weighted by Crippen LogP contribution is 2.17. The molecule has 0 aromatic rings. The molecule has 1 unspecified atom stereocenters. The summed E-state index contributed by atoms with van der Waals surface area (Å²) in [6, 6.07) is 0. The van der Waals surface area contributed by atoms with Crippen LogP contribution >= 0.6 is 11.6 Å². The molecular formula is C17H27ClO2. The Balaban J connectivity index is 4.04. The van der Waals surface area contributed by atoms with Gasteiger partial charge in [-0.2, -0.15) is 0 Å². The third-order valence-electron chi connectivity index (χ3n) is 3.01. The summed E-state index contributed by atoms with van der Waals surface area (Å²) in [6.45, 7) is 12.1. The van der Waals surface area contributed by atoms with Crippen LogP contribution in [0.1, 0.15) is 53.4 Å². The van der Waals surface area contributed by atoms with Crippen molar-refractivity contribution in [2.75, 3.05) is 6.61 Å². The van der Waals surface area contributed by atoms with Crippen molar-refractivity contribution in [3.63, 3.8) is 0 Å². The van der Waals surface area contributed by atoms with Gasteiger partial charge in [0.1, 0.15) is 0 Å². The van der Waals surface area contributed by atoms with Gasteiger partial charge in [-0.1, -0.05) is 29.4 Å². The van der Waals surface area contributed by atoms with Crippen molar-refractivity contribution in [3.8, 4) is 0 Å². The van der Waals surface area contributed by atoms with E-state index in [2.05, 4.69) is 19.6 Å². The average Bonchev–Trinajstić information content (AvgIpc) is 2.35. The molecule has 0 spiro atoms. The van der Waals surface area contributed by atoms with E-state index in [1.807, 2.05) is 20.8 Å². The summed E-state index contributed by atoms with van der Waals surface area (Å²) in [4.78, 5) is 11.3. The van der Waals surface area contributed by atoms with Gasteiger partial charge in [-0.15, -0.1) is 11.6 Å². The maximum absolute atomic E-state index is 11.3. The summed E-state index contributed by atoms with van der Waals surface area (Å²) >= 11 is 6.14. The maximum atomic E-state index is 11.3. The van der Waals surface area contributed by atoms with E-state index in [0.29, 0.717) is 6.61 Å². The van der Waals surface area contributed by atoms with E-state index >= 15 is 0 Å². The van der Waals surface area contributed by atoms with Crippen molar-refractivity contribution < 1.29 is 9.53 Å². The molecule has 0 heterocycles. The molecule has 3 heteroatoms. The van der Waals surface area contributed by atoms with Crippen molar-refractivity contribution >= 4 is 17.6 Å². The fourth-order valence-electron chi connectivity index (χ4n) is 1.71. The molecule has 0 bridgehead atoms. The van der Waals surface area contributed by atoms with E-state index in [1.165, 1.54) is 5.57 Å². The number of carbonyl (C=O) groups excluding carboxylic acids is 1. The second-order valence-electron chi connectivity index (χ2n) is 5.18. The van der Waals surface area contributed by atoms with Gasteiger partial charge >= 0.3 is 5.97 Å². The van der Waals surface area contributed by atoms with Gasteiger partial charge in [-0.25, -0.2) is 4.79 Å². The van der Waals surface area contributed by atoms with Crippen LogP contribution in [-0.2, 0) is 9.53 Å². The summed E-state index contributed by atoms with van der Waals surface area (Å²) in [7, 11) is 0. The molecule has 0 amide bonds. The molecule has 0 rings (SSSR count). The van der Waals surface area contributed by atoms with Gasteiger partial charge in [0.15, 0.2) is 0 Å². The van der Waals surface area contributed by atoms with Crippen molar-refractivity contribution in [3.05, 3.63) is 35.5 Å². The predicted molar refractivity (Wildman–Crippen MR) is 87.1 cm³/mol. The third-order valence-corrected chi connectivity index (χ3v) is 3.60. The zero-order valence-corrected chi connectivity index (χ0v) is 13.9. The molecule has 0 aliphatic heterocycles. The molecule has 0 aliphatic carbocycles. The molecule has 0 aromatic heterocycles. The van der Waals surface area contributed by atoms with Gasteiger partial charge in [0.05, 0.1) is 12.0 Å². The van der Waals surface area contributed by atoms with Crippen LogP contribution in [0.15, 0.2) is 35.5 Å². The van der Waals surface area contributed by atoms with Crippen molar-refractivity contribution in [2.45, 2.75) is 58.8 Å². The van der Waals surface area contributed by atoms with E-state index in [9.17, 15) is 4.79 Å². The SMILES string of the molecule is C=C(C)C(Cl)CC/C(C)=C/CC/C(C)=C\C(=O)OCC. The Labute approximate surface area is 128 Å². The molecule has 0 fully saturated rings. The van der Waals surface area contributed by atoms with Crippen LogP contribution in [0, 0.1) is 0 Å². The maximum Gasteiger partial charge on any atom is 0.330 e. The number of allylic oxidation sites excluding steroid dienone is 4. The first-order valence-corrected chi connectivity index (χ1v) is 7.59. The monoisotopic (exact) mass is 298 g/mol. The van der Waals surface area contributed by atoms with Gasteiger partial charge in [-0.05, 0) is 53.4 Å². The van der Waals surface area contributed by atoms with Gasteiger partial charge < -0.3 is 4.74 Å². The van der Waals surface area contributed by atoms with E-state index in [4.69, 9.17) is 16.3 Å². The Bertz CT molecular complexity index is 380. The summed E-state index contributed by atoms with van der Waals surface area (Å²) in [5.41, 5.74) is 3.40. The van der Waals surface area contributed by atoms with Crippen LogP contribution in [0.25, 0.3) is 0 Å². The number of carbonyl (C=O) groups is 1. The zero-order valence-electron chi connectivity index (χ0n) is 13.2. The lowest BCUT2D eigenvalue weighted by molar-refractivity contribution is -0.137. The molecule has 0 N–H and O–H groups in total. The Morgan fingerprint density at radius 3 is 2.45 bits per heavy atom. The lowest BCUT2D eigenvalue weighted by atomic mass is 10.0. The molecule has 0 saturated carbocycles. The fourth-order valence-corrected chi connectivity index (χ4v) is 1.82. The molecule has 20 heavy (non-hydrogen) atoms. The summed E-state index contributed by atoms with van der Waals surface area (Å²) in [6.07, 6.45) is 7.51. The Kier molecular flexibility index (Phi) is 10.2. The molecule has 0 aliphatic rings. The molecule has 114 valence electrons. The van der Waals surface area contributed by atoms with E-state index in [1.54, 1.807) is 6.08 Å². The highest BCUT2D eigenvalue weighted by Gasteiger charge is 2.04. The number of halogens is 1. The lowest BCUT2D eigenvalue weighted by Gasteiger charge is -2.08. The molecule has 0 saturated heterocycles. The number of ether oxygens (including phenoxy) is 1. The quantitative estimate of drug-likeness (QED) is 0.253. The highest BCUT2D eigenvalue weighted by atomic mass is 35.5. The van der Waals surface area contributed by atoms with Crippen molar-refractivity contribution in [1.29, 1.82) is 0 Å². The van der Waals surface area contributed by atoms with Crippen LogP contribution in [-0.4, -0.2) is 18.0 Å². The van der Waals surface area contributed by atoms with Crippen LogP contribution in [0.2, 0.25) is 0 Å². The molecular weight excluding hydrogens is 272 g/mol. The van der Waals surface area contributed by atoms with E-state index in [0.717, 1.165) is 36.8 Å². The second-order valence-corrected chi connectivity index (χ2v) is 5.71. The highest BCUT2D eigenvalue weighted by molar-refractivity contribution is 6.22. The first kappa shape index (κ1) is 19.0.